The number of aliphatic hydroxyl groups is 1. The van der Waals surface area contributed by atoms with Gasteiger partial charge in [-0.15, -0.1) is 0 Å². The zero-order valence-corrected chi connectivity index (χ0v) is 12.1. The minimum Gasteiger partial charge on any atom is -0.463 e. The van der Waals surface area contributed by atoms with E-state index in [1.807, 2.05) is 0 Å². The maximum absolute atomic E-state index is 11.1. The van der Waals surface area contributed by atoms with Crippen molar-refractivity contribution in [3.8, 4) is 0 Å². The fourth-order valence-corrected chi connectivity index (χ4v) is 1.98. The van der Waals surface area contributed by atoms with Crippen molar-refractivity contribution in [3.05, 3.63) is 51.6 Å². The Morgan fingerprint density at radius 3 is 2.71 bits per heavy atom. The summed E-state index contributed by atoms with van der Waals surface area (Å²) in [6, 6.07) is 4.99. The Labute approximate surface area is 121 Å². The summed E-state index contributed by atoms with van der Waals surface area (Å²) in [7, 11) is 0. The maximum Gasteiger partial charge on any atom is 0.314 e. The van der Waals surface area contributed by atoms with E-state index in [1.54, 1.807) is 39.0 Å². The summed E-state index contributed by atoms with van der Waals surface area (Å²) in [5.74, 6) is 1.20. The van der Waals surface area contributed by atoms with Crippen molar-refractivity contribution in [3.63, 3.8) is 0 Å². The number of nitro groups is 1. The molecular formula is C14H17N3O4. The molecule has 1 atom stereocenters. The van der Waals surface area contributed by atoms with Crippen LogP contribution in [0, 0.1) is 24.0 Å². The molecule has 0 spiro atoms. The highest BCUT2D eigenvalue weighted by Gasteiger charge is 2.28. The Balaban J connectivity index is 2.20. The van der Waals surface area contributed by atoms with Crippen LogP contribution in [-0.4, -0.2) is 21.6 Å². The predicted molar refractivity (Wildman–Crippen MR) is 77.1 cm³/mol. The number of aromatic nitrogens is 1. The van der Waals surface area contributed by atoms with Crippen LogP contribution in [0.15, 0.2) is 28.8 Å². The van der Waals surface area contributed by atoms with Gasteiger partial charge >= 0.3 is 5.69 Å². The first-order valence-corrected chi connectivity index (χ1v) is 6.44. The van der Waals surface area contributed by atoms with Crippen molar-refractivity contribution in [2.75, 3.05) is 11.9 Å². The van der Waals surface area contributed by atoms with Gasteiger partial charge in [0.15, 0.2) is 0 Å². The fourth-order valence-electron chi connectivity index (χ4n) is 1.98. The van der Waals surface area contributed by atoms with Crippen molar-refractivity contribution in [2.45, 2.75) is 26.4 Å². The molecule has 2 heterocycles. The zero-order valence-electron chi connectivity index (χ0n) is 12.1. The van der Waals surface area contributed by atoms with Crippen molar-refractivity contribution in [1.29, 1.82) is 0 Å². The molecule has 0 aliphatic carbocycles. The van der Waals surface area contributed by atoms with Gasteiger partial charge in [0.1, 0.15) is 17.1 Å². The number of anilines is 1. The van der Waals surface area contributed by atoms with Crippen LogP contribution in [0.5, 0.6) is 0 Å². The maximum atomic E-state index is 11.1. The van der Waals surface area contributed by atoms with Gasteiger partial charge in [0, 0.05) is 11.8 Å². The van der Waals surface area contributed by atoms with Crippen LogP contribution in [-0.2, 0) is 5.60 Å². The molecule has 0 aliphatic heterocycles. The molecule has 7 heteroatoms. The lowest BCUT2D eigenvalue weighted by Crippen LogP contribution is -2.30. The molecule has 2 rings (SSSR count). The number of hydrogen-bond acceptors (Lipinski definition) is 6. The minimum absolute atomic E-state index is 0.0389. The molecule has 1 unspecified atom stereocenters. The van der Waals surface area contributed by atoms with Crippen molar-refractivity contribution < 1.29 is 14.4 Å². The lowest BCUT2D eigenvalue weighted by molar-refractivity contribution is -0.384. The van der Waals surface area contributed by atoms with Gasteiger partial charge in [-0.05, 0) is 39.0 Å². The van der Waals surface area contributed by atoms with E-state index in [0.29, 0.717) is 17.1 Å². The van der Waals surface area contributed by atoms with Crippen LogP contribution in [0.2, 0.25) is 0 Å². The van der Waals surface area contributed by atoms with Crippen molar-refractivity contribution >= 4 is 11.5 Å². The summed E-state index contributed by atoms with van der Waals surface area (Å²) in [6.45, 7) is 5.02. The molecule has 2 N–H and O–H groups in total. The Morgan fingerprint density at radius 2 is 2.14 bits per heavy atom. The van der Waals surface area contributed by atoms with Crippen molar-refractivity contribution in [2.24, 2.45) is 0 Å². The third kappa shape index (κ3) is 3.19. The molecule has 0 aliphatic rings. The number of aryl methyl sites for hydroxylation is 2. The summed E-state index contributed by atoms with van der Waals surface area (Å²) in [5, 5.41) is 24.3. The normalized spacial score (nSPS) is 13.7. The molecule has 7 nitrogen and oxygen atoms in total. The van der Waals surface area contributed by atoms with Gasteiger partial charge in [-0.1, -0.05) is 0 Å². The monoisotopic (exact) mass is 291 g/mol. The summed E-state index contributed by atoms with van der Waals surface area (Å²) < 4.78 is 5.39. The highest BCUT2D eigenvalue weighted by atomic mass is 16.6. The molecule has 0 radical (unpaired) electrons. The average Bonchev–Trinajstić information content (AvgIpc) is 2.83. The number of pyridine rings is 1. The largest absolute Gasteiger partial charge is 0.463 e. The van der Waals surface area contributed by atoms with Gasteiger partial charge in [0.2, 0.25) is 5.82 Å². The van der Waals surface area contributed by atoms with E-state index in [4.69, 9.17) is 4.42 Å². The topological polar surface area (TPSA) is 101 Å². The Hall–Kier alpha value is -2.41. The molecule has 2 aromatic heterocycles. The van der Waals surface area contributed by atoms with E-state index in [1.165, 1.54) is 6.20 Å². The molecule has 2 aromatic rings. The predicted octanol–water partition coefficient (Wildman–Crippen LogP) is 2.52. The number of nitrogens with zero attached hydrogens (tertiary/aromatic N) is 2. The molecular weight excluding hydrogens is 274 g/mol. The summed E-state index contributed by atoms with van der Waals surface area (Å²) in [5.41, 5.74) is -0.886. The van der Waals surface area contributed by atoms with Crippen LogP contribution >= 0.6 is 0 Å². The van der Waals surface area contributed by atoms with Crippen LogP contribution < -0.4 is 5.32 Å². The second-order valence-electron chi connectivity index (χ2n) is 5.12. The molecule has 0 saturated heterocycles. The average molecular weight is 291 g/mol. The third-order valence-electron chi connectivity index (χ3n) is 3.18. The van der Waals surface area contributed by atoms with Crippen LogP contribution in [0.3, 0.4) is 0 Å². The number of furan rings is 1. The van der Waals surface area contributed by atoms with Gasteiger partial charge in [-0.3, -0.25) is 10.1 Å². The first kappa shape index (κ1) is 15.0. The van der Waals surface area contributed by atoms with E-state index in [-0.39, 0.29) is 18.1 Å². The Kier molecular flexibility index (Phi) is 3.95. The lowest BCUT2D eigenvalue weighted by Gasteiger charge is -2.21. The van der Waals surface area contributed by atoms with Gasteiger partial charge in [0.25, 0.3) is 0 Å². The van der Waals surface area contributed by atoms with Crippen LogP contribution in [0.1, 0.15) is 24.0 Å². The summed E-state index contributed by atoms with van der Waals surface area (Å²) >= 11 is 0. The Morgan fingerprint density at radius 1 is 1.43 bits per heavy atom. The van der Waals surface area contributed by atoms with Crippen LogP contribution in [0.25, 0.3) is 0 Å². The molecule has 0 amide bonds. The number of rotatable bonds is 5. The minimum atomic E-state index is -1.30. The molecule has 112 valence electrons. The smallest absolute Gasteiger partial charge is 0.314 e. The van der Waals surface area contributed by atoms with Gasteiger partial charge in [-0.25, -0.2) is 4.98 Å². The molecule has 0 fully saturated rings. The Bertz CT molecular complexity index is 664. The molecule has 0 saturated carbocycles. The highest BCUT2D eigenvalue weighted by Crippen LogP contribution is 2.28. The quantitative estimate of drug-likeness (QED) is 0.648. The van der Waals surface area contributed by atoms with Crippen molar-refractivity contribution in [1.82, 2.24) is 4.98 Å². The lowest BCUT2D eigenvalue weighted by atomic mass is 10.0. The van der Waals surface area contributed by atoms with Gasteiger partial charge in [-0.2, -0.15) is 0 Å². The van der Waals surface area contributed by atoms with E-state index in [9.17, 15) is 15.2 Å². The van der Waals surface area contributed by atoms with E-state index in [0.717, 1.165) is 0 Å². The molecule has 0 aromatic carbocycles. The van der Waals surface area contributed by atoms with Gasteiger partial charge in [0.05, 0.1) is 11.5 Å². The zero-order chi connectivity index (χ0) is 15.6. The number of nitrogens with one attached hydrogen (secondary N) is 1. The number of hydrogen-bond donors (Lipinski definition) is 2. The van der Waals surface area contributed by atoms with Gasteiger partial charge < -0.3 is 14.8 Å². The molecule has 0 bridgehead atoms. The molecule has 21 heavy (non-hydrogen) atoms. The van der Waals surface area contributed by atoms with E-state index in [2.05, 4.69) is 10.3 Å². The first-order valence-electron chi connectivity index (χ1n) is 6.44. The van der Waals surface area contributed by atoms with E-state index < -0.39 is 10.5 Å². The fraction of sp³-hybridized carbons (Fsp3) is 0.357. The summed E-state index contributed by atoms with van der Waals surface area (Å²) in [4.78, 5) is 14.6. The summed E-state index contributed by atoms with van der Waals surface area (Å²) in [6.07, 6.45) is 1.48. The third-order valence-corrected chi connectivity index (χ3v) is 3.18. The second-order valence-corrected chi connectivity index (χ2v) is 5.12. The first-order chi connectivity index (χ1) is 9.81. The standard InChI is InChI=1S/C14H17N3O4/c1-9-6-7-15-13(12(9)17(19)20)16-8-14(3,18)11-5-4-10(2)21-11/h4-7,18H,8H2,1-3H3,(H,15,16). The second kappa shape index (κ2) is 5.53. The SMILES string of the molecule is Cc1ccc(C(C)(O)CNc2nccc(C)c2[N+](=O)[O-])o1. The van der Waals surface area contributed by atoms with E-state index >= 15 is 0 Å². The van der Waals surface area contributed by atoms with Crippen LogP contribution in [0.4, 0.5) is 11.5 Å². The highest BCUT2D eigenvalue weighted by molar-refractivity contribution is 5.59.